The monoisotopic (exact) mass is 301 g/mol. The summed E-state index contributed by atoms with van der Waals surface area (Å²) in [5.74, 6) is 0.0892. The highest BCUT2D eigenvalue weighted by Crippen LogP contribution is 2.25. The number of benzene rings is 1. The lowest BCUT2D eigenvalue weighted by Gasteiger charge is -2.20. The first-order valence-electron chi connectivity index (χ1n) is 6.32. The quantitative estimate of drug-likeness (QED) is 0.872. The molecule has 4 nitrogen and oxygen atoms in total. The third-order valence-electron chi connectivity index (χ3n) is 3.38. The molecule has 0 spiro atoms. The van der Waals surface area contributed by atoms with E-state index in [1.807, 2.05) is 0 Å². The number of rotatable bonds is 3. The Labute approximate surface area is 117 Å². The third kappa shape index (κ3) is 3.94. The van der Waals surface area contributed by atoms with E-state index in [4.69, 9.17) is 10.7 Å². The minimum Gasteiger partial charge on any atom is -0.326 e. The van der Waals surface area contributed by atoms with Gasteiger partial charge in [-0.1, -0.05) is 19.3 Å². The van der Waals surface area contributed by atoms with E-state index < -0.39 is 9.05 Å². The molecule has 19 heavy (non-hydrogen) atoms. The molecule has 1 aromatic rings. The predicted octanol–water partition coefficient (Wildman–Crippen LogP) is 3.13. The Bertz CT molecular complexity index is 548. The van der Waals surface area contributed by atoms with Crippen molar-refractivity contribution in [2.75, 3.05) is 5.32 Å². The topological polar surface area (TPSA) is 63.2 Å². The fraction of sp³-hybridized carbons (Fsp3) is 0.462. The lowest BCUT2D eigenvalue weighted by atomic mass is 9.88. The number of amides is 1. The van der Waals surface area contributed by atoms with Gasteiger partial charge in [0.25, 0.3) is 9.05 Å². The normalized spacial score (nSPS) is 17.1. The maximum atomic E-state index is 12.0. The Morgan fingerprint density at radius 2 is 1.68 bits per heavy atom. The zero-order chi connectivity index (χ0) is 13.9. The minimum atomic E-state index is -3.71. The van der Waals surface area contributed by atoms with Gasteiger partial charge in [-0.3, -0.25) is 4.79 Å². The second-order valence-corrected chi connectivity index (χ2v) is 7.35. The second kappa shape index (κ2) is 5.92. The van der Waals surface area contributed by atoms with Crippen LogP contribution in [0.5, 0.6) is 0 Å². The second-order valence-electron chi connectivity index (χ2n) is 4.79. The van der Waals surface area contributed by atoms with Gasteiger partial charge >= 0.3 is 0 Å². The molecular weight excluding hydrogens is 286 g/mol. The van der Waals surface area contributed by atoms with Crippen LogP contribution in [0, 0.1) is 5.92 Å². The van der Waals surface area contributed by atoms with Gasteiger partial charge in [0.1, 0.15) is 0 Å². The van der Waals surface area contributed by atoms with Crippen LogP contribution in [0.3, 0.4) is 0 Å². The molecule has 0 aromatic heterocycles. The molecule has 0 saturated heterocycles. The number of halogens is 1. The van der Waals surface area contributed by atoms with Gasteiger partial charge in [0.2, 0.25) is 5.91 Å². The number of hydrogen-bond donors (Lipinski definition) is 1. The van der Waals surface area contributed by atoms with Crippen LogP contribution < -0.4 is 5.32 Å². The summed E-state index contributed by atoms with van der Waals surface area (Å²) in [7, 11) is 1.51. The highest BCUT2D eigenvalue weighted by atomic mass is 35.7. The lowest BCUT2D eigenvalue weighted by Crippen LogP contribution is -2.24. The van der Waals surface area contributed by atoms with E-state index in [1.54, 1.807) is 12.1 Å². The van der Waals surface area contributed by atoms with Crippen molar-refractivity contribution in [1.29, 1.82) is 0 Å². The predicted molar refractivity (Wildman–Crippen MR) is 74.7 cm³/mol. The Morgan fingerprint density at radius 1 is 1.11 bits per heavy atom. The third-order valence-corrected chi connectivity index (χ3v) is 4.75. The molecule has 1 saturated carbocycles. The van der Waals surface area contributed by atoms with Crippen molar-refractivity contribution >= 4 is 31.3 Å². The summed E-state index contributed by atoms with van der Waals surface area (Å²) >= 11 is 0. The van der Waals surface area contributed by atoms with Crippen LogP contribution in [0.1, 0.15) is 32.1 Å². The van der Waals surface area contributed by atoms with Gasteiger partial charge in [-0.25, -0.2) is 8.42 Å². The number of carbonyl (C=O) groups is 1. The SMILES string of the molecule is O=C(Nc1ccc(S(=O)(=O)Cl)cc1)C1CCCCC1. The summed E-state index contributed by atoms with van der Waals surface area (Å²) in [6.45, 7) is 0. The first-order chi connectivity index (χ1) is 8.97. The van der Waals surface area contributed by atoms with Crippen molar-refractivity contribution in [3.05, 3.63) is 24.3 Å². The molecule has 0 heterocycles. The summed E-state index contributed by atoms with van der Waals surface area (Å²) in [6.07, 6.45) is 5.26. The average molecular weight is 302 g/mol. The zero-order valence-corrected chi connectivity index (χ0v) is 12.0. The largest absolute Gasteiger partial charge is 0.326 e. The van der Waals surface area contributed by atoms with Crippen LogP contribution >= 0.6 is 10.7 Å². The molecule has 0 radical (unpaired) electrons. The minimum absolute atomic E-state index is 0.0150. The van der Waals surface area contributed by atoms with Gasteiger partial charge in [-0.2, -0.15) is 0 Å². The van der Waals surface area contributed by atoms with E-state index >= 15 is 0 Å². The van der Waals surface area contributed by atoms with Gasteiger partial charge in [-0.15, -0.1) is 0 Å². The van der Waals surface area contributed by atoms with Gasteiger partial charge in [-0.05, 0) is 37.1 Å². The Balaban J connectivity index is 2.01. The molecule has 0 atom stereocenters. The van der Waals surface area contributed by atoms with Crippen molar-refractivity contribution in [1.82, 2.24) is 0 Å². The first-order valence-corrected chi connectivity index (χ1v) is 8.63. The van der Waals surface area contributed by atoms with Gasteiger partial charge in [0.05, 0.1) is 4.90 Å². The average Bonchev–Trinajstić information content (AvgIpc) is 2.39. The smallest absolute Gasteiger partial charge is 0.261 e. The lowest BCUT2D eigenvalue weighted by molar-refractivity contribution is -0.120. The van der Waals surface area contributed by atoms with Crippen molar-refractivity contribution in [3.63, 3.8) is 0 Å². The molecule has 1 aliphatic carbocycles. The molecule has 0 aliphatic heterocycles. The summed E-state index contributed by atoms with van der Waals surface area (Å²) in [4.78, 5) is 12.0. The van der Waals surface area contributed by atoms with Gasteiger partial charge in [0.15, 0.2) is 0 Å². The van der Waals surface area contributed by atoms with E-state index in [-0.39, 0.29) is 16.7 Å². The van der Waals surface area contributed by atoms with Gasteiger partial charge in [0, 0.05) is 22.3 Å². The molecule has 1 fully saturated rings. The van der Waals surface area contributed by atoms with Crippen molar-refractivity contribution in [2.24, 2.45) is 5.92 Å². The van der Waals surface area contributed by atoms with Crippen LogP contribution in [0.2, 0.25) is 0 Å². The van der Waals surface area contributed by atoms with Crippen LogP contribution in [0.15, 0.2) is 29.2 Å². The van der Waals surface area contributed by atoms with Crippen molar-refractivity contribution in [3.8, 4) is 0 Å². The first kappa shape index (κ1) is 14.3. The Hall–Kier alpha value is -1.07. The number of hydrogen-bond acceptors (Lipinski definition) is 3. The molecule has 1 amide bonds. The molecule has 0 bridgehead atoms. The van der Waals surface area contributed by atoms with Crippen molar-refractivity contribution < 1.29 is 13.2 Å². The Kier molecular flexibility index (Phi) is 4.47. The number of carbonyl (C=O) groups excluding carboxylic acids is 1. The van der Waals surface area contributed by atoms with E-state index in [2.05, 4.69) is 5.32 Å². The Morgan fingerprint density at radius 3 is 2.21 bits per heavy atom. The van der Waals surface area contributed by atoms with E-state index in [0.29, 0.717) is 5.69 Å². The summed E-state index contributed by atoms with van der Waals surface area (Å²) < 4.78 is 22.2. The molecular formula is C13H16ClNO3S. The molecule has 104 valence electrons. The van der Waals surface area contributed by atoms with Crippen LogP contribution in [0.25, 0.3) is 0 Å². The fourth-order valence-corrected chi connectivity index (χ4v) is 3.08. The molecule has 1 aromatic carbocycles. The van der Waals surface area contributed by atoms with Crippen LogP contribution in [-0.2, 0) is 13.8 Å². The van der Waals surface area contributed by atoms with Crippen LogP contribution in [0.4, 0.5) is 5.69 Å². The van der Waals surface area contributed by atoms with E-state index in [0.717, 1.165) is 25.7 Å². The number of anilines is 1. The molecule has 0 unspecified atom stereocenters. The molecule has 1 aliphatic rings. The number of nitrogens with one attached hydrogen (secondary N) is 1. The highest BCUT2D eigenvalue weighted by Gasteiger charge is 2.21. The van der Waals surface area contributed by atoms with E-state index in [9.17, 15) is 13.2 Å². The maximum Gasteiger partial charge on any atom is 0.261 e. The molecule has 6 heteroatoms. The summed E-state index contributed by atoms with van der Waals surface area (Å²) in [6, 6.07) is 5.88. The highest BCUT2D eigenvalue weighted by molar-refractivity contribution is 8.13. The van der Waals surface area contributed by atoms with Gasteiger partial charge < -0.3 is 5.32 Å². The van der Waals surface area contributed by atoms with Crippen molar-refractivity contribution in [2.45, 2.75) is 37.0 Å². The van der Waals surface area contributed by atoms with E-state index in [1.165, 1.54) is 18.6 Å². The van der Waals surface area contributed by atoms with Crippen LogP contribution in [-0.4, -0.2) is 14.3 Å². The molecule has 2 rings (SSSR count). The maximum absolute atomic E-state index is 12.0. The summed E-state index contributed by atoms with van der Waals surface area (Å²) in [5, 5.41) is 2.81. The fourth-order valence-electron chi connectivity index (χ4n) is 2.31. The summed E-state index contributed by atoms with van der Waals surface area (Å²) in [5.41, 5.74) is 0.597. The standard InChI is InChI=1S/C13H16ClNO3S/c14-19(17,18)12-8-6-11(7-9-12)15-13(16)10-4-2-1-3-5-10/h6-10H,1-5H2,(H,15,16). The zero-order valence-electron chi connectivity index (χ0n) is 10.4. The molecule has 1 N–H and O–H groups in total.